The summed E-state index contributed by atoms with van der Waals surface area (Å²) in [5.74, 6) is -0.113. The van der Waals surface area contributed by atoms with E-state index in [0.717, 1.165) is 12.1 Å². The Balaban J connectivity index is 4.63. The molecule has 0 aliphatic carbocycles. The lowest BCUT2D eigenvalue weighted by molar-refractivity contribution is -0.139. The number of hydrogen-bond acceptors (Lipinski definition) is 3. The second-order valence-electron chi connectivity index (χ2n) is 7.50. The number of carbonyl (C=O) groups is 1. The Labute approximate surface area is 135 Å². The average Bonchev–Trinajstić information content (AvgIpc) is 2.32. The molecule has 0 aliphatic heterocycles. The molecule has 124 valence electrons. The molecule has 0 aromatic carbocycles. The zero-order chi connectivity index (χ0) is 16.8. The summed E-state index contributed by atoms with van der Waals surface area (Å²) in [6, 6.07) is 1.74. The van der Waals surface area contributed by atoms with Gasteiger partial charge in [-0.2, -0.15) is 0 Å². The Kier molecular flexibility index (Phi) is 8.43. The summed E-state index contributed by atoms with van der Waals surface area (Å²) in [5, 5.41) is 0. The number of hydrogen-bond donors (Lipinski definition) is 0. The van der Waals surface area contributed by atoms with E-state index in [9.17, 15) is 4.79 Å². The highest BCUT2D eigenvalue weighted by Crippen LogP contribution is 2.37. The highest BCUT2D eigenvalue weighted by atomic mass is 28.4. The molecule has 2 radical (unpaired) electrons. The fraction of sp³-hybridized carbons (Fsp3) is 0.938. The Morgan fingerprint density at radius 2 is 1.57 bits per heavy atom. The summed E-state index contributed by atoms with van der Waals surface area (Å²) < 4.78 is 11.8. The van der Waals surface area contributed by atoms with Crippen LogP contribution in [0.3, 0.4) is 0 Å². The van der Waals surface area contributed by atoms with E-state index in [1.807, 2.05) is 27.7 Å². The first-order valence-electron chi connectivity index (χ1n) is 8.10. The molecule has 1 atom stereocenters. The topological polar surface area (TPSA) is 35.5 Å². The van der Waals surface area contributed by atoms with Gasteiger partial charge in [0.2, 0.25) is 9.76 Å². The maximum atomic E-state index is 12.4. The van der Waals surface area contributed by atoms with Gasteiger partial charge in [-0.05, 0) is 43.9 Å². The van der Waals surface area contributed by atoms with Gasteiger partial charge in [0.1, 0.15) is 0 Å². The Bertz CT molecular complexity index is 314. The smallest absolute Gasteiger partial charge is 0.295 e. The minimum absolute atomic E-state index is 0.0316. The van der Waals surface area contributed by atoms with Crippen molar-refractivity contribution in [2.45, 2.75) is 91.1 Å². The largest absolute Gasteiger partial charge is 0.518 e. The Morgan fingerprint density at radius 1 is 1.10 bits per heavy atom. The van der Waals surface area contributed by atoms with Crippen LogP contribution in [-0.2, 0) is 13.6 Å². The van der Waals surface area contributed by atoms with E-state index in [1.54, 1.807) is 0 Å². The van der Waals surface area contributed by atoms with Crippen molar-refractivity contribution in [1.29, 1.82) is 0 Å². The van der Waals surface area contributed by atoms with Crippen LogP contribution in [-0.4, -0.2) is 29.7 Å². The van der Waals surface area contributed by atoms with Gasteiger partial charge >= 0.3 is 0 Å². The summed E-state index contributed by atoms with van der Waals surface area (Å²) >= 11 is 0. The number of rotatable bonds is 8. The lowest BCUT2D eigenvalue weighted by atomic mass is 10.2. The third kappa shape index (κ3) is 6.65. The third-order valence-electron chi connectivity index (χ3n) is 3.97. The predicted octanol–water partition coefficient (Wildman–Crippen LogP) is 4.80. The van der Waals surface area contributed by atoms with E-state index in [0.29, 0.717) is 20.8 Å². The first-order chi connectivity index (χ1) is 9.46. The molecule has 0 saturated carbocycles. The van der Waals surface area contributed by atoms with Crippen molar-refractivity contribution in [2.24, 2.45) is 5.92 Å². The molecule has 21 heavy (non-hydrogen) atoms. The minimum Gasteiger partial charge on any atom is -0.518 e. The molecule has 0 spiro atoms. The van der Waals surface area contributed by atoms with Crippen LogP contribution in [0.25, 0.3) is 0 Å². The quantitative estimate of drug-likeness (QED) is 0.599. The molecular weight excluding hydrogens is 296 g/mol. The van der Waals surface area contributed by atoms with Crippen LogP contribution < -0.4 is 0 Å². The van der Waals surface area contributed by atoms with Crippen LogP contribution in [0, 0.1) is 5.92 Å². The van der Waals surface area contributed by atoms with Crippen molar-refractivity contribution in [1.82, 2.24) is 0 Å². The fourth-order valence-electron chi connectivity index (χ4n) is 2.55. The minimum atomic E-state index is -2.01. The first-order valence-corrected chi connectivity index (χ1v) is 11.5. The van der Waals surface area contributed by atoms with Gasteiger partial charge in [-0.25, -0.2) is 0 Å². The molecule has 0 aromatic heterocycles. The zero-order valence-corrected chi connectivity index (χ0v) is 17.4. The zero-order valence-electron chi connectivity index (χ0n) is 15.4. The maximum absolute atomic E-state index is 12.4. The molecule has 0 saturated heterocycles. The van der Waals surface area contributed by atoms with Gasteiger partial charge in [0.15, 0.2) is 0 Å². The van der Waals surface area contributed by atoms with Crippen molar-refractivity contribution >= 4 is 24.0 Å². The second-order valence-corrected chi connectivity index (χ2v) is 13.5. The van der Waals surface area contributed by atoms with E-state index in [1.165, 1.54) is 0 Å². The van der Waals surface area contributed by atoms with Gasteiger partial charge in [-0.1, -0.05) is 41.5 Å². The van der Waals surface area contributed by atoms with E-state index in [-0.39, 0.29) is 17.5 Å². The normalized spacial score (nSPS) is 14.6. The third-order valence-corrected chi connectivity index (χ3v) is 11.1. The molecule has 3 nitrogen and oxygen atoms in total. The van der Waals surface area contributed by atoms with Gasteiger partial charge in [0, 0.05) is 5.60 Å². The van der Waals surface area contributed by atoms with Crippen molar-refractivity contribution < 1.29 is 13.6 Å². The van der Waals surface area contributed by atoms with Crippen molar-refractivity contribution in [3.05, 3.63) is 0 Å². The Hall–Kier alpha value is -0.136. The average molecular weight is 331 g/mol. The fourth-order valence-corrected chi connectivity index (χ4v) is 7.64. The molecule has 0 amide bonds. The first kappa shape index (κ1) is 20.9. The molecule has 0 rings (SSSR count). The van der Waals surface area contributed by atoms with E-state index >= 15 is 0 Å². The molecule has 0 aliphatic rings. The monoisotopic (exact) mass is 330 g/mol. The van der Waals surface area contributed by atoms with Crippen LogP contribution in [0.2, 0.25) is 23.2 Å². The van der Waals surface area contributed by atoms with Crippen molar-refractivity contribution in [3.63, 3.8) is 0 Å². The van der Waals surface area contributed by atoms with Crippen LogP contribution in [0.4, 0.5) is 0 Å². The molecule has 0 bridgehead atoms. The highest BCUT2D eigenvalue weighted by Gasteiger charge is 2.44. The summed E-state index contributed by atoms with van der Waals surface area (Å²) in [7, 11) is -1.67. The lowest BCUT2D eigenvalue weighted by Gasteiger charge is -2.38. The standard InChI is InChI=1S/C16H34O3Si2/c1-10-21(12(2)3,13(4)5)18-15(17)14(6)11-20-19-16(7,8)9/h12-14H,10-11H2,1-9H3. The van der Waals surface area contributed by atoms with E-state index in [2.05, 4.69) is 34.6 Å². The van der Waals surface area contributed by atoms with Crippen LogP contribution in [0.5, 0.6) is 0 Å². The second kappa shape index (κ2) is 8.48. The van der Waals surface area contributed by atoms with E-state index < -0.39 is 8.32 Å². The van der Waals surface area contributed by atoms with Crippen LogP contribution in [0.15, 0.2) is 0 Å². The Morgan fingerprint density at radius 3 is 1.90 bits per heavy atom. The van der Waals surface area contributed by atoms with Gasteiger partial charge in [0.05, 0.1) is 5.92 Å². The van der Waals surface area contributed by atoms with Crippen LogP contribution >= 0.6 is 0 Å². The molecular formula is C16H34O3Si2. The summed E-state index contributed by atoms with van der Waals surface area (Å²) in [6.07, 6.45) is 0. The lowest BCUT2D eigenvalue weighted by Crippen LogP contribution is -2.46. The van der Waals surface area contributed by atoms with Crippen molar-refractivity contribution in [3.8, 4) is 0 Å². The maximum Gasteiger partial charge on any atom is 0.295 e. The molecule has 0 aromatic rings. The summed E-state index contributed by atoms with van der Waals surface area (Å²) in [6.45, 7) is 19.0. The molecule has 1 unspecified atom stereocenters. The molecule has 0 fully saturated rings. The van der Waals surface area contributed by atoms with Gasteiger partial charge in [0.25, 0.3) is 14.3 Å². The van der Waals surface area contributed by atoms with Gasteiger partial charge < -0.3 is 8.85 Å². The molecule has 5 heteroatoms. The number of carbonyl (C=O) groups excluding carboxylic acids is 1. The summed E-state index contributed by atoms with van der Waals surface area (Å²) in [5.41, 5.74) is 0.763. The SMILES string of the molecule is CC[Si](OC(=O)C(C)C[Si]OC(C)(C)C)(C(C)C)C(C)C. The van der Waals surface area contributed by atoms with Gasteiger partial charge in [-0.3, -0.25) is 4.79 Å². The molecule has 0 heterocycles. The molecule has 0 N–H and O–H groups in total. The predicted molar refractivity (Wildman–Crippen MR) is 93.1 cm³/mol. The van der Waals surface area contributed by atoms with Gasteiger partial charge in [-0.15, -0.1) is 0 Å². The van der Waals surface area contributed by atoms with Crippen LogP contribution in [0.1, 0.15) is 62.3 Å². The van der Waals surface area contributed by atoms with E-state index in [4.69, 9.17) is 8.85 Å². The highest BCUT2D eigenvalue weighted by molar-refractivity contribution is 6.77. The van der Waals surface area contributed by atoms with Crippen molar-refractivity contribution in [2.75, 3.05) is 0 Å². The summed E-state index contributed by atoms with van der Waals surface area (Å²) in [4.78, 5) is 12.4.